The van der Waals surface area contributed by atoms with Crippen molar-refractivity contribution in [3.63, 3.8) is 0 Å². The minimum absolute atomic E-state index is 0.123. The number of benzene rings is 1. The molecule has 2 aliphatic rings. The van der Waals surface area contributed by atoms with Crippen molar-refractivity contribution in [2.75, 3.05) is 11.4 Å². The minimum atomic E-state index is -4.03. The van der Waals surface area contributed by atoms with Crippen LogP contribution in [-0.2, 0) is 14.8 Å². The molecular weight excluding hydrogens is 570 g/mol. The summed E-state index contributed by atoms with van der Waals surface area (Å²) >= 11 is 11.0. The lowest BCUT2D eigenvalue weighted by atomic mass is 10.2. The molecule has 4 rings (SSSR count). The molecule has 3 heterocycles. The van der Waals surface area contributed by atoms with Gasteiger partial charge in [0.15, 0.2) is 0 Å². The third-order valence-corrected chi connectivity index (χ3v) is 10.9. The van der Waals surface area contributed by atoms with E-state index in [9.17, 15) is 17.6 Å². The molecule has 29 heavy (non-hydrogen) atoms. The van der Waals surface area contributed by atoms with Crippen LogP contribution in [0, 0.1) is 9.39 Å². The van der Waals surface area contributed by atoms with Crippen molar-refractivity contribution >= 4 is 83.8 Å². The Hall–Kier alpha value is -0.660. The second kappa shape index (κ2) is 8.12. The maximum absolute atomic E-state index is 14.3. The molecule has 0 radical (unpaired) electrons. The summed E-state index contributed by atoms with van der Waals surface area (Å²) in [7, 11) is -4.03. The lowest BCUT2D eigenvalue weighted by Gasteiger charge is -2.24. The lowest BCUT2D eigenvalue weighted by Crippen LogP contribution is -2.47. The first-order valence-electron chi connectivity index (χ1n) is 8.60. The van der Waals surface area contributed by atoms with Gasteiger partial charge in [-0.1, -0.05) is 35.5 Å². The Kier molecular flexibility index (Phi) is 6.04. The molecule has 0 saturated carbocycles. The fourth-order valence-corrected chi connectivity index (χ4v) is 7.80. The predicted octanol–water partition coefficient (Wildman–Crippen LogP) is 4.59. The van der Waals surface area contributed by atoms with E-state index in [0.29, 0.717) is 3.57 Å². The Morgan fingerprint density at radius 1 is 1.34 bits per heavy atom. The molecule has 1 N–H and O–H groups in total. The van der Waals surface area contributed by atoms with Crippen molar-refractivity contribution in [1.29, 1.82) is 0 Å². The Morgan fingerprint density at radius 2 is 2.14 bits per heavy atom. The highest BCUT2D eigenvalue weighted by molar-refractivity contribution is 14.1. The maximum atomic E-state index is 14.3. The van der Waals surface area contributed by atoms with Crippen molar-refractivity contribution in [2.24, 2.45) is 0 Å². The van der Waals surface area contributed by atoms with Crippen LogP contribution in [0.25, 0.3) is 4.91 Å². The highest BCUT2D eigenvalue weighted by Crippen LogP contribution is 2.53. The van der Waals surface area contributed by atoms with Gasteiger partial charge in [0, 0.05) is 26.3 Å². The minimum Gasteiger partial charge on any atom is -0.308 e. The summed E-state index contributed by atoms with van der Waals surface area (Å²) in [4.78, 5) is 15.8. The van der Waals surface area contributed by atoms with Crippen LogP contribution in [0.2, 0.25) is 0 Å². The number of anilines is 1. The highest BCUT2D eigenvalue weighted by atomic mass is 127. The largest absolute Gasteiger partial charge is 0.308 e. The standard InChI is InChI=1S/C18H15ClFIN2O3S3/c19-18(7-5-16(28-18)15-2-1-9-27-15)29(25,26)22-13-6-8-23(17(13)24)14-4-3-11(21)10-12(14)20/h1-5,9-10,13,22H,6-8H2/t13-,18?/m0/s1. The van der Waals surface area contributed by atoms with Crippen molar-refractivity contribution in [1.82, 2.24) is 4.72 Å². The van der Waals surface area contributed by atoms with Crippen LogP contribution >= 0.6 is 57.3 Å². The number of nitrogens with zero attached hydrogens (tertiary/aromatic N) is 1. The summed E-state index contributed by atoms with van der Waals surface area (Å²) in [5.41, 5.74) is 0.148. The zero-order chi connectivity index (χ0) is 20.8. The molecule has 1 unspecified atom stereocenters. The van der Waals surface area contributed by atoms with Gasteiger partial charge in [0.1, 0.15) is 11.9 Å². The number of carbonyl (C=O) groups excluding carboxylic acids is 1. The van der Waals surface area contributed by atoms with E-state index in [4.69, 9.17) is 11.6 Å². The average Bonchev–Trinajstić information content (AvgIpc) is 3.38. The molecule has 154 valence electrons. The number of alkyl halides is 1. The fraction of sp³-hybridized carbons (Fsp3) is 0.278. The number of allylic oxidation sites excluding steroid dienone is 1. The van der Waals surface area contributed by atoms with Crippen LogP contribution in [0.3, 0.4) is 0 Å². The van der Waals surface area contributed by atoms with Gasteiger partial charge in [-0.2, -0.15) is 0 Å². The highest BCUT2D eigenvalue weighted by Gasteiger charge is 2.49. The summed E-state index contributed by atoms with van der Waals surface area (Å²) in [6.07, 6.45) is 2.16. The smallest absolute Gasteiger partial charge is 0.245 e. The summed E-state index contributed by atoms with van der Waals surface area (Å²) in [5, 5.41) is 1.91. The van der Waals surface area contributed by atoms with Gasteiger partial charge >= 0.3 is 0 Å². The van der Waals surface area contributed by atoms with Gasteiger partial charge in [-0.15, -0.1) is 11.3 Å². The van der Waals surface area contributed by atoms with Crippen LogP contribution in [0.1, 0.15) is 17.7 Å². The molecule has 1 aromatic heterocycles. The molecule has 1 saturated heterocycles. The first kappa shape index (κ1) is 21.6. The van der Waals surface area contributed by atoms with Crippen LogP contribution < -0.4 is 9.62 Å². The van der Waals surface area contributed by atoms with E-state index in [-0.39, 0.29) is 25.1 Å². The number of thiophene rings is 1. The van der Waals surface area contributed by atoms with Crippen LogP contribution in [0.4, 0.5) is 10.1 Å². The van der Waals surface area contributed by atoms with Gasteiger partial charge in [-0.3, -0.25) is 4.79 Å². The van der Waals surface area contributed by atoms with E-state index in [1.54, 1.807) is 12.1 Å². The van der Waals surface area contributed by atoms with Crippen LogP contribution in [0.15, 0.2) is 41.8 Å². The summed E-state index contributed by atoms with van der Waals surface area (Å²) in [6.45, 7) is 0.227. The first-order valence-corrected chi connectivity index (χ1v) is 13.2. The molecule has 2 atom stereocenters. The third kappa shape index (κ3) is 4.11. The van der Waals surface area contributed by atoms with E-state index < -0.39 is 31.3 Å². The van der Waals surface area contributed by atoms with Gasteiger partial charge in [0.25, 0.3) is 0 Å². The van der Waals surface area contributed by atoms with Gasteiger partial charge < -0.3 is 4.90 Å². The Labute approximate surface area is 194 Å². The fourth-order valence-electron chi connectivity index (χ4n) is 3.20. The summed E-state index contributed by atoms with van der Waals surface area (Å²) < 4.78 is 41.8. The molecule has 5 nitrogen and oxygen atoms in total. The second-order valence-corrected chi connectivity index (χ2v) is 13.4. The maximum Gasteiger partial charge on any atom is 0.245 e. The third-order valence-electron chi connectivity index (χ3n) is 4.66. The zero-order valence-electron chi connectivity index (χ0n) is 14.8. The second-order valence-electron chi connectivity index (χ2n) is 6.56. The number of carbonyl (C=O) groups is 1. The quantitative estimate of drug-likeness (QED) is 0.413. The summed E-state index contributed by atoms with van der Waals surface area (Å²) in [5.74, 6) is -0.998. The van der Waals surface area contributed by atoms with Gasteiger partial charge in [-0.05, 0) is 58.7 Å². The lowest BCUT2D eigenvalue weighted by molar-refractivity contribution is -0.118. The monoisotopic (exact) mass is 584 g/mol. The Balaban J connectivity index is 1.48. The molecular formula is C18H15ClFIN2O3S3. The topological polar surface area (TPSA) is 66.5 Å². The molecule has 1 fully saturated rings. The normalized spacial score (nSPS) is 24.9. The average molecular weight is 585 g/mol. The Bertz CT molecular complexity index is 1090. The number of nitrogens with one attached hydrogen (secondary N) is 1. The SMILES string of the molecule is O=C1[C@@H](NS(=O)(=O)C2(Cl)CC=C(c3cccs3)S2)CCN1c1ccc(I)cc1F. The number of hydrogen-bond donors (Lipinski definition) is 1. The molecule has 1 aromatic carbocycles. The Morgan fingerprint density at radius 3 is 2.83 bits per heavy atom. The number of halogens is 3. The summed E-state index contributed by atoms with van der Waals surface area (Å²) in [6, 6.07) is 7.38. The van der Waals surface area contributed by atoms with Crippen LogP contribution in [0.5, 0.6) is 0 Å². The molecule has 2 aliphatic heterocycles. The van der Waals surface area contributed by atoms with E-state index >= 15 is 0 Å². The van der Waals surface area contributed by atoms with Crippen molar-refractivity contribution < 1.29 is 17.6 Å². The predicted molar refractivity (Wildman–Crippen MR) is 125 cm³/mol. The van der Waals surface area contributed by atoms with E-state index in [1.807, 2.05) is 40.1 Å². The molecule has 0 spiro atoms. The van der Waals surface area contributed by atoms with E-state index in [2.05, 4.69) is 4.72 Å². The van der Waals surface area contributed by atoms with Gasteiger partial charge in [0.05, 0.1) is 5.69 Å². The number of thioether (sulfide) groups is 1. The zero-order valence-corrected chi connectivity index (χ0v) is 20.1. The van der Waals surface area contributed by atoms with E-state index in [0.717, 1.165) is 21.5 Å². The molecule has 0 aliphatic carbocycles. The number of sulfonamides is 1. The van der Waals surface area contributed by atoms with Crippen molar-refractivity contribution in [3.05, 3.63) is 56.1 Å². The molecule has 1 amide bonds. The molecule has 0 bridgehead atoms. The van der Waals surface area contributed by atoms with Crippen LogP contribution in [-0.4, -0.2) is 30.4 Å². The number of rotatable bonds is 5. The molecule has 2 aromatic rings. The van der Waals surface area contributed by atoms with Crippen molar-refractivity contribution in [3.8, 4) is 0 Å². The number of hydrogen-bond acceptors (Lipinski definition) is 5. The molecule has 11 heteroatoms. The van der Waals surface area contributed by atoms with Crippen molar-refractivity contribution in [2.45, 2.75) is 22.4 Å². The van der Waals surface area contributed by atoms with Gasteiger partial charge in [0.2, 0.25) is 19.5 Å². The van der Waals surface area contributed by atoms with E-state index in [1.165, 1.54) is 28.4 Å². The van der Waals surface area contributed by atoms with Gasteiger partial charge in [-0.25, -0.2) is 17.5 Å². The number of amides is 1. The first-order chi connectivity index (χ1) is 13.7.